The minimum Gasteiger partial charge on any atom is -0.367 e. The van der Waals surface area contributed by atoms with E-state index in [4.69, 9.17) is 5.73 Å². The summed E-state index contributed by atoms with van der Waals surface area (Å²) in [5, 5.41) is 20.9. The fourth-order valence-corrected chi connectivity index (χ4v) is 10.0. The van der Waals surface area contributed by atoms with Crippen molar-refractivity contribution in [3.05, 3.63) is 89.4 Å². The van der Waals surface area contributed by atoms with Crippen molar-refractivity contribution >= 4 is 58.6 Å². The number of hydrogen-bond donors (Lipinski definition) is 5. The molecule has 0 radical (unpaired) electrons. The number of unbranched alkanes of at least 4 members (excludes halogenated alkanes) is 5. The van der Waals surface area contributed by atoms with Crippen molar-refractivity contribution < 1.29 is 24.0 Å². The Morgan fingerprint density at radius 2 is 1.73 bits per heavy atom. The number of benzene rings is 2. The molecule has 6 N–H and O–H groups in total. The van der Waals surface area contributed by atoms with Gasteiger partial charge in [0.2, 0.25) is 17.7 Å². The maximum absolute atomic E-state index is 13.0. The van der Waals surface area contributed by atoms with E-state index in [9.17, 15) is 24.0 Å². The number of carbonyl (C=O) groups is 5. The summed E-state index contributed by atoms with van der Waals surface area (Å²) in [6.07, 6.45) is 15.3. The number of imide groups is 1. The lowest BCUT2D eigenvalue weighted by Gasteiger charge is -2.37. The summed E-state index contributed by atoms with van der Waals surface area (Å²) in [6, 6.07) is 16.4. The van der Waals surface area contributed by atoms with E-state index in [-0.39, 0.29) is 54.4 Å². The van der Waals surface area contributed by atoms with Gasteiger partial charge in [0.25, 0.3) is 11.8 Å². The summed E-state index contributed by atoms with van der Waals surface area (Å²) in [6.45, 7) is 7.27. The molecule has 0 aliphatic carbocycles. The first kappa shape index (κ1) is 47.5. The predicted octanol–water partition coefficient (Wildman–Crippen LogP) is 5.67. The maximum Gasteiger partial charge on any atom is 0.272 e. The van der Waals surface area contributed by atoms with Gasteiger partial charge in [0.15, 0.2) is 5.69 Å². The van der Waals surface area contributed by atoms with E-state index in [1.807, 2.05) is 42.7 Å². The van der Waals surface area contributed by atoms with Gasteiger partial charge in [-0.1, -0.05) is 55.6 Å². The van der Waals surface area contributed by atoms with Gasteiger partial charge in [0.1, 0.15) is 22.7 Å². The number of nitrogens with two attached hydrogens (primary N) is 1. The Morgan fingerprint density at radius 3 is 2.51 bits per heavy atom. The average molecular weight is 931 g/mol. The highest BCUT2D eigenvalue weighted by Gasteiger charge is 2.39. The van der Waals surface area contributed by atoms with Crippen molar-refractivity contribution in [2.75, 3.05) is 48.3 Å². The van der Waals surface area contributed by atoms with Crippen LogP contribution in [-0.2, 0) is 27.5 Å². The molecule has 3 saturated heterocycles. The van der Waals surface area contributed by atoms with Crippen molar-refractivity contribution in [2.45, 2.75) is 131 Å². The van der Waals surface area contributed by atoms with E-state index < -0.39 is 11.9 Å². The molecular formula is C49H62N12O5S. The molecule has 0 bridgehead atoms. The number of nitrogens with one attached hydrogen (secondary N) is 4. The van der Waals surface area contributed by atoms with Crippen LogP contribution in [0.5, 0.6) is 0 Å². The first-order chi connectivity index (χ1) is 32.5. The minimum atomic E-state index is -0.675. The summed E-state index contributed by atoms with van der Waals surface area (Å²) in [7, 11) is 0. The standard InChI is InChI=1S/C49H62N12O5S/c1-49(50)20-24-60(25-21-49)42-30-53-45(31-52-42)67-37-12-8-10-35(27-37)55-43(62)13-6-4-2-3-5-7-22-59-23-9-11-36(59)29-51-41-18-16-39(57-58-41)46(64)54-28-33-14-15-38-34(26-33)32-61(48(38)66)40-17-19-44(63)56-47(40)65/h8,10,12,14-16,18,26-27,30-31,36,40H,2-7,9,11,13,17,19-25,28-29,32,50H2,1H3,(H,51,58)(H,54,64)(H,55,62)(H,56,63,65)/t36-,40?/m0/s1. The third-order valence-corrected chi connectivity index (χ3v) is 14.1. The summed E-state index contributed by atoms with van der Waals surface area (Å²) in [4.78, 5) is 79.2. The molecule has 1 unspecified atom stereocenters. The van der Waals surface area contributed by atoms with Crippen molar-refractivity contribution in [3.8, 4) is 0 Å². The van der Waals surface area contributed by atoms with Crippen LogP contribution < -0.4 is 31.9 Å². The zero-order valence-corrected chi connectivity index (χ0v) is 39.1. The van der Waals surface area contributed by atoms with Crippen LogP contribution in [0.1, 0.15) is 122 Å². The maximum atomic E-state index is 13.0. The summed E-state index contributed by atoms with van der Waals surface area (Å²) in [5.74, 6) is 0.175. The molecule has 4 aliphatic heterocycles. The lowest BCUT2D eigenvalue weighted by molar-refractivity contribution is -0.137. The average Bonchev–Trinajstić information content (AvgIpc) is 3.91. The second-order valence-corrected chi connectivity index (χ2v) is 19.6. The molecule has 3 fully saturated rings. The van der Waals surface area contributed by atoms with Crippen LogP contribution >= 0.6 is 11.8 Å². The Bertz CT molecular complexity index is 2390. The zero-order chi connectivity index (χ0) is 46.8. The predicted molar refractivity (Wildman–Crippen MR) is 256 cm³/mol. The van der Waals surface area contributed by atoms with Gasteiger partial charge >= 0.3 is 0 Å². The van der Waals surface area contributed by atoms with Crippen LogP contribution in [0.2, 0.25) is 0 Å². The fourth-order valence-electron chi connectivity index (χ4n) is 9.26. The highest BCUT2D eigenvalue weighted by atomic mass is 32.2. The second kappa shape index (κ2) is 22.2. The molecule has 17 nitrogen and oxygen atoms in total. The van der Waals surface area contributed by atoms with Crippen molar-refractivity contribution in [3.63, 3.8) is 0 Å². The summed E-state index contributed by atoms with van der Waals surface area (Å²) < 4.78 is 0. The van der Waals surface area contributed by atoms with E-state index in [0.717, 1.165) is 129 Å². The molecule has 2 atom stereocenters. The van der Waals surface area contributed by atoms with Gasteiger partial charge in [0.05, 0.1) is 12.4 Å². The van der Waals surface area contributed by atoms with Crippen LogP contribution in [0.4, 0.5) is 17.3 Å². The van der Waals surface area contributed by atoms with Gasteiger partial charge in [-0.05, 0) is 112 Å². The molecule has 6 heterocycles. The topological polar surface area (TPSA) is 221 Å². The van der Waals surface area contributed by atoms with E-state index in [2.05, 4.69) is 58.2 Å². The Kier molecular flexibility index (Phi) is 15.8. The molecule has 2 aromatic carbocycles. The highest BCUT2D eigenvalue weighted by molar-refractivity contribution is 7.99. The number of hydrogen-bond acceptors (Lipinski definition) is 14. The monoisotopic (exact) mass is 930 g/mol. The van der Waals surface area contributed by atoms with Crippen LogP contribution in [0.15, 0.2) is 76.9 Å². The molecule has 4 aromatic rings. The summed E-state index contributed by atoms with van der Waals surface area (Å²) in [5.41, 5.74) is 9.28. The second-order valence-electron chi connectivity index (χ2n) is 18.5. The number of aromatic nitrogens is 4. The van der Waals surface area contributed by atoms with Crippen LogP contribution in [-0.4, -0.2) is 110 Å². The Morgan fingerprint density at radius 1 is 0.910 bits per heavy atom. The fraction of sp³-hybridized carbons (Fsp3) is 0.490. The van der Waals surface area contributed by atoms with Crippen molar-refractivity contribution in [2.24, 2.45) is 5.73 Å². The van der Waals surface area contributed by atoms with Crippen LogP contribution in [0, 0.1) is 0 Å². The molecule has 354 valence electrons. The number of fused-ring (bicyclic) bond motifs is 1. The number of anilines is 3. The van der Waals surface area contributed by atoms with Crippen LogP contribution in [0.25, 0.3) is 0 Å². The number of carbonyl (C=O) groups excluding carboxylic acids is 5. The lowest BCUT2D eigenvalue weighted by Crippen LogP contribution is -2.52. The highest BCUT2D eigenvalue weighted by Crippen LogP contribution is 2.31. The van der Waals surface area contributed by atoms with Gasteiger partial charge in [-0.2, -0.15) is 0 Å². The van der Waals surface area contributed by atoms with Gasteiger partial charge in [-0.15, -0.1) is 10.2 Å². The van der Waals surface area contributed by atoms with Gasteiger partial charge in [-0.25, -0.2) is 9.97 Å². The SMILES string of the molecule is CC1(N)CCN(c2cnc(Sc3cccc(NC(=O)CCCCCCCCN4CCC[C@H]4CNc4ccc(C(=O)NCc5ccc6c(c5)CN(C5CCC(=O)NC5=O)C6=O)nn4)c3)cn2)CC1. The third-order valence-electron chi connectivity index (χ3n) is 13.2. The largest absolute Gasteiger partial charge is 0.367 e. The quantitative estimate of drug-likeness (QED) is 0.0533. The van der Waals surface area contributed by atoms with Gasteiger partial charge in [0, 0.05) is 73.3 Å². The number of piperidine rings is 2. The first-order valence-electron chi connectivity index (χ1n) is 23.8. The van der Waals surface area contributed by atoms with E-state index >= 15 is 0 Å². The Hall–Kier alpha value is -5.98. The molecular weight excluding hydrogens is 869 g/mol. The number of rotatable bonds is 20. The molecule has 2 aromatic heterocycles. The van der Waals surface area contributed by atoms with Crippen molar-refractivity contribution in [1.29, 1.82) is 0 Å². The smallest absolute Gasteiger partial charge is 0.272 e. The molecule has 18 heteroatoms. The number of likely N-dealkylation sites (tertiary alicyclic amines) is 1. The molecule has 4 aliphatic rings. The number of amides is 5. The summed E-state index contributed by atoms with van der Waals surface area (Å²) >= 11 is 1.53. The molecule has 8 rings (SSSR count). The zero-order valence-electron chi connectivity index (χ0n) is 38.3. The van der Waals surface area contributed by atoms with E-state index in [1.165, 1.54) is 16.7 Å². The Balaban J connectivity index is 0.669. The van der Waals surface area contributed by atoms with E-state index in [0.29, 0.717) is 30.3 Å². The van der Waals surface area contributed by atoms with E-state index in [1.54, 1.807) is 24.3 Å². The molecule has 0 spiro atoms. The Labute approximate surface area is 396 Å². The van der Waals surface area contributed by atoms with Crippen molar-refractivity contribution in [1.82, 2.24) is 40.6 Å². The lowest BCUT2D eigenvalue weighted by atomic mass is 9.91. The first-order valence-corrected chi connectivity index (χ1v) is 24.6. The minimum absolute atomic E-state index is 0.0370. The van der Waals surface area contributed by atoms with Gasteiger partial charge < -0.3 is 31.5 Å². The normalized spacial score (nSPS) is 19.3. The molecule has 0 saturated carbocycles. The third kappa shape index (κ3) is 12.9. The molecule has 67 heavy (non-hydrogen) atoms. The number of nitrogens with zero attached hydrogens (tertiary/aromatic N) is 7. The van der Waals surface area contributed by atoms with Gasteiger partial charge in [-0.3, -0.25) is 34.2 Å². The van der Waals surface area contributed by atoms with Crippen LogP contribution in [0.3, 0.4) is 0 Å². The molecule has 5 amide bonds.